The van der Waals surface area contributed by atoms with Crippen molar-refractivity contribution in [2.45, 2.75) is 39.7 Å². The summed E-state index contributed by atoms with van der Waals surface area (Å²) in [7, 11) is 0. The minimum Gasteiger partial charge on any atom is -0.481 e. The lowest BCUT2D eigenvalue weighted by Gasteiger charge is -2.44. The number of carboxylic acids is 1. The van der Waals surface area contributed by atoms with Crippen LogP contribution in [-0.4, -0.2) is 33.3 Å². The molecule has 1 saturated heterocycles. The predicted molar refractivity (Wildman–Crippen MR) is 75.1 cm³/mol. The number of carbonyl (C=O) groups is 3. The van der Waals surface area contributed by atoms with Gasteiger partial charge in [0.2, 0.25) is 11.8 Å². The maximum atomic E-state index is 12.8. The van der Waals surface area contributed by atoms with Gasteiger partial charge in [-0.1, -0.05) is 12.2 Å². The van der Waals surface area contributed by atoms with Crippen molar-refractivity contribution in [2.24, 2.45) is 29.1 Å². The first-order valence-corrected chi connectivity index (χ1v) is 7.40. The van der Waals surface area contributed by atoms with Crippen molar-refractivity contribution < 1.29 is 19.5 Å². The summed E-state index contributed by atoms with van der Waals surface area (Å²) in [6, 6.07) is 0. The van der Waals surface area contributed by atoms with Crippen molar-refractivity contribution in [1.82, 2.24) is 4.90 Å². The van der Waals surface area contributed by atoms with Crippen molar-refractivity contribution in [2.75, 3.05) is 0 Å². The number of hydrogen-bond acceptors (Lipinski definition) is 3. The van der Waals surface area contributed by atoms with E-state index >= 15 is 0 Å². The zero-order valence-corrected chi connectivity index (χ0v) is 12.8. The van der Waals surface area contributed by atoms with Crippen LogP contribution in [-0.2, 0) is 14.4 Å². The van der Waals surface area contributed by atoms with E-state index in [1.54, 1.807) is 27.7 Å². The molecule has 2 fully saturated rings. The Morgan fingerprint density at radius 1 is 1.10 bits per heavy atom. The van der Waals surface area contributed by atoms with E-state index in [0.29, 0.717) is 0 Å². The Kier molecular flexibility index (Phi) is 2.70. The number of hydrogen-bond donors (Lipinski definition) is 1. The van der Waals surface area contributed by atoms with Gasteiger partial charge >= 0.3 is 5.97 Å². The Morgan fingerprint density at radius 2 is 1.52 bits per heavy atom. The Hall–Kier alpha value is -1.65. The molecule has 2 aliphatic carbocycles. The van der Waals surface area contributed by atoms with Gasteiger partial charge in [0, 0.05) is 0 Å². The van der Waals surface area contributed by atoms with E-state index in [2.05, 4.69) is 0 Å². The van der Waals surface area contributed by atoms with Gasteiger partial charge in [0.05, 0.1) is 22.8 Å². The van der Waals surface area contributed by atoms with E-state index in [9.17, 15) is 19.5 Å². The number of aliphatic carboxylic acids is 1. The van der Waals surface area contributed by atoms with Crippen LogP contribution in [0.1, 0.15) is 34.1 Å². The molecule has 21 heavy (non-hydrogen) atoms. The molecule has 3 aliphatic rings. The number of imide groups is 1. The van der Waals surface area contributed by atoms with Crippen LogP contribution in [0.5, 0.6) is 0 Å². The van der Waals surface area contributed by atoms with E-state index in [4.69, 9.17) is 0 Å². The summed E-state index contributed by atoms with van der Waals surface area (Å²) in [4.78, 5) is 38.4. The summed E-state index contributed by atoms with van der Waals surface area (Å²) >= 11 is 0. The van der Waals surface area contributed by atoms with Crippen molar-refractivity contribution in [3.8, 4) is 0 Å². The number of carbonyl (C=O) groups excluding carboxylic acids is 2. The van der Waals surface area contributed by atoms with Crippen LogP contribution in [0.15, 0.2) is 12.2 Å². The lowest BCUT2D eigenvalue weighted by molar-refractivity contribution is -0.163. The Morgan fingerprint density at radius 3 is 1.90 bits per heavy atom. The zero-order valence-electron chi connectivity index (χ0n) is 12.8. The maximum absolute atomic E-state index is 12.8. The summed E-state index contributed by atoms with van der Waals surface area (Å²) in [5.74, 6) is -1.67. The number of fused-ring (bicyclic) bond motifs is 5. The van der Waals surface area contributed by atoms with E-state index < -0.39 is 16.9 Å². The first-order chi connectivity index (χ1) is 9.60. The zero-order chi connectivity index (χ0) is 15.7. The van der Waals surface area contributed by atoms with E-state index in [0.717, 1.165) is 6.42 Å². The summed E-state index contributed by atoms with van der Waals surface area (Å²) < 4.78 is 0. The SMILES string of the molecule is CC(C)(C(=O)O)C(C)(C)N1C(=O)C2C3C=CC(C3)C2C1=O. The van der Waals surface area contributed by atoms with Gasteiger partial charge in [-0.3, -0.25) is 19.3 Å². The second-order valence-corrected chi connectivity index (χ2v) is 7.50. The van der Waals surface area contributed by atoms with Crippen LogP contribution >= 0.6 is 0 Å². The van der Waals surface area contributed by atoms with Crippen LogP contribution in [0.3, 0.4) is 0 Å². The highest BCUT2D eigenvalue weighted by atomic mass is 16.4. The molecule has 0 aromatic rings. The molecule has 2 amide bonds. The molecule has 4 atom stereocenters. The fourth-order valence-electron chi connectivity index (χ4n) is 3.99. The smallest absolute Gasteiger partial charge is 0.311 e. The molecular formula is C16H21NO4. The number of carboxylic acid groups (broad SMARTS) is 1. The lowest BCUT2D eigenvalue weighted by atomic mass is 9.73. The second kappa shape index (κ2) is 3.96. The normalized spacial score (nSPS) is 34.8. The molecule has 2 bridgehead atoms. The molecule has 5 heteroatoms. The third-order valence-corrected chi connectivity index (χ3v) is 6.09. The average molecular weight is 291 g/mol. The Balaban J connectivity index is 2.00. The first-order valence-electron chi connectivity index (χ1n) is 7.40. The number of amides is 2. The number of nitrogens with zero attached hydrogens (tertiary/aromatic N) is 1. The lowest BCUT2D eigenvalue weighted by Crippen LogP contribution is -2.59. The standard InChI is InChI=1S/C16H21NO4/c1-15(2,14(20)21)16(3,4)17-12(18)10-8-5-6-9(7-8)11(10)13(17)19/h5-6,8-11H,7H2,1-4H3,(H,20,21). The molecule has 0 aromatic heterocycles. The molecule has 0 radical (unpaired) electrons. The van der Waals surface area contributed by atoms with Crippen molar-refractivity contribution in [1.29, 1.82) is 0 Å². The minimum absolute atomic E-state index is 0.144. The van der Waals surface area contributed by atoms with E-state index in [-0.39, 0.29) is 35.5 Å². The third kappa shape index (κ3) is 1.54. The molecule has 5 nitrogen and oxygen atoms in total. The molecule has 0 spiro atoms. The molecule has 114 valence electrons. The van der Waals surface area contributed by atoms with Crippen LogP contribution in [0.4, 0.5) is 0 Å². The summed E-state index contributed by atoms with van der Waals surface area (Å²) in [6.07, 6.45) is 4.95. The fourth-order valence-corrected chi connectivity index (χ4v) is 3.99. The van der Waals surface area contributed by atoms with Crippen molar-refractivity contribution in [3.05, 3.63) is 12.2 Å². The molecule has 4 unspecified atom stereocenters. The van der Waals surface area contributed by atoms with Crippen LogP contribution in [0.25, 0.3) is 0 Å². The van der Waals surface area contributed by atoms with Gasteiger partial charge in [-0.2, -0.15) is 0 Å². The second-order valence-electron chi connectivity index (χ2n) is 7.50. The molecule has 3 rings (SSSR count). The Bertz CT molecular complexity index is 545. The number of likely N-dealkylation sites (tertiary alicyclic amines) is 1. The van der Waals surface area contributed by atoms with Crippen LogP contribution < -0.4 is 0 Å². The molecule has 1 heterocycles. The van der Waals surface area contributed by atoms with Crippen molar-refractivity contribution in [3.63, 3.8) is 0 Å². The first kappa shape index (κ1) is 14.3. The fraction of sp³-hybridized carbons (Fsp3) is 0.688. The quantitative estimate of drug-likeness (QED) is 0.634. The molecule has 1 saturated carbocycles. The van der Waals surface area contributed by atoms with Gasteiger partial charge in [0.15, 0.2) is 0 Å². The minimum atomic E-state index is -1.20. The monoisotopic (exact) mass is 291 g/mol. The largest absolute Gasteiger partial charge is 0.481 e. The van der Waals surface area contributed by atoms with Crippen molar-refractivity contribution >= 4 is 17.8 Å². The average Bonchev–Trinajstić information content (AvgIpc) is 3.02. The highest BCUT2D eigenvalue weighted by Crippen LogP contribution is 2.55. The summed E-state index contributed by atoms with van der Waals surface area (Å²) in [6.45, 7) is 6.48. The van der Waals surface area contributed by atoms with Gasteiger partial charge < -0.3 is 5.11 Å². The van der Waals surface area contributed by atoms with Gasteiger partial charge in [0.25, 0.3) is 0 Å². The number of rotatable bonds is 3. The molecule has 1 N–H and O–H groups in total. The molecular weight excluding hydrogens is 270 g/mol. The highest BCUT2D eigenvalue weighted by Gasteiger charge is 2.64. The summed E-state index contributed by atoms with van der Waals surface area (Å²) in [5.41, 5.74) is -2.26. The highest BCUT2D eigenvalue weighted by molar-refractivity contribution is 6.07. The molecule has 0 aromatic carbocycles. The third-order valence-electron chi connectivity index (χ3n) is 6.09. The van der Waals surface area contributed by atoms with Crippen LogP contribution in [0.2, 0.25) is 0 Å². The number of allylic oxidation sites excluding steroid dienone is 2. The van der Waals surface area contributed by atoms with Gasteiger partial charge in [0.1, 0.15) is 0 Å². The van der Waals surface area contributed by atoms with E-state index in [1.165, 1.54) is 4.90 Å². The topological polar surface area (TPSA) is 74.7 Å². The molecule has 1 aliphatic heterocycles. The van der Waals surface area contributed by atoms with Gasteiger partial charge in [-0.25, -0.2) is 0 Å². The Labute approximate surface area is 124 Å². The van der Waals surface area contributed by atoms with Gasteiger partial charge in [-0.15, -0.1) is 0 Å². The summed E-state index contributed by atoms with van der Waals surface area (Å²) in [5, 5.41) is 9.47. The predicted octanol–water partition coefficient (Wildman–Crippen LogP) is 1.68. The van der Waals surface area contributed by atoms with Gasteiger partial charge in [-0.05, 0) is 46.0 Å². The maximum Gasteiger partial charge on any atom is 0.311 e. The van der Waals surface area contributed by atoms with E-state index in [1.807, 2.05) is 12.2 Å². The van der Waals surface area contributed by atoms with Crippen LogP contribution in [0, 0.1) is 29.1 Å².